The largest absolute Gasteiger partial charge is 0.491 e. The Morgan fingerprint density at radius 1 is 1.25 bits per heavy atom. The number of nitrogens with one attached hydrogen (secondary N) is 1. The highest BCUT2D eigenvalue weighted by atomic mass is 35.5. The number of nitrogens with zero attached hydrogens (tertiary/aromatic N) is 1. The van der Waals surface area contributed by atoms with Crippen LogP contribution in [0.3, 0.4) is 0 Å². The van der Waals surface area contributed by atoms with Crippen molar-refractivity contribution in [1.82, 2.24) is 10.2 Å². The van der Waals surface area contributed by atoms with Crippen molar-refractivity contribution in [3.8, 4) is 5.75 Å². The summed E-state index contributed by atoms with van der Waals surface area (Å²) in [5, 5.41) is 3.30. The van der Waals surface area contributed by atoms with Crippen molar-refractivity contribution in [2.24, 2.45) is 0 Å². The lowest BCUT2D eigenvalue weighted by Crippen LogP contribution is -2.45. The van der Waals surface area contributed by atoms with Gasteiger partial charge in [0.2, 0.25) is 0 Å². The van der Waals surface area contributed by atoms with Crippen LogP contribution in [-0.4, -0.2) is 43.9 Å². The first-order valence-electron chi connectivity index (χ1n) is 6.98. The predicted molar refractivity (Wildman–Crippen MR) is 82.6 cm³/mol. The highest BCUT2D eigenvalue weighted by molar-refractivity contribution is 5.85. The number of alkyl halides is 1. The van der Waals surface area contributed by atoms with E-state index >= 15 is 0 Å². The summed E-state index contributed by atoms with van der Waals surface area (Å²) in [7, 11) is 0. The fraction of sp³-hybridized carbons (Fsp3) is 0.600. The molecule has 0 amide bonds. The molecular weight excluding hydrogens is 279 g/mol. The Balaban J connectivity index is 0.00000200. The van der Waals surface area contributed by atoms with E-state index in [1.807, 2.05) is 38.1 Å². The first kappa shape index (κ1) is 17.2. The molecule has 1 aromatic rings. The molecule has 0 bridgehead atoms. The second kappa shape index (κ2) is 8.45. The zero-order chi connectivity index (χ0) is 13.7. The lowest BCUT2D eigenvalue weighted by molar-refractivity contribution is 0.141. The van der Waals surface area contributed by atoms with E-state index in [0.717, 1.165) is 37.5 Å². The van der Waals surface area contributed by atoms with Crippen LogP contribution in [0.4, 0.5) is 4.39 Å². The van der Waals surface area contributed by atoms with Crippen molar-refractivity contribution in [3.05, 3.63) is 29.8 Å². The minimum absolute atomic E-state index is 0. The number of hydrogen-bond acceptors (Lipinski definition) is 3. The molecule has 0 aromatic heterocycles. The monoisotopic (exact) mass is 302 g/mol. The summed E-state index contributed by atoms with van der Waals surface area (Å²) in [5.74, 6) is 0.804. The summed E-state index contributed by atoms with van der Waals surface area (Å²) >= 11 is 0. The smallest absolute Gasteiger partial charge is 0.124 e. The standard InChI is InChI=1S/C15H23FN2O.ClH/c1-12(2)19-15-6-4-3-5-13(15)14(11-16)18-9-7-17-8-10-18;/h3-6,12,14,17H,7-11H2,1-2H3;1H/t14-;/m1./s1. The van der Waals surface area contributed by atoms with Gasteiger partial charge in [-0.25, -0.2) is 4.39 Å². The maximum Gasteiger partial charge on any atom is 0.124 e. The summed E-state index contributed by atoms with van der Waals surface area (Å²) in [6.45, 7) is 7.21. The normalized spacial score (nSPS) is 17.6. The summed E-state index contributed by atoms with van der Waals surface area (Å²) in [6, 6.07) is 7.60. The predicted octanol–water partition coefficient (Wildman–Crippen LogP) is 2.81. The van der Waals surface area contributed by atoms with E-state index < -0.39 is 0 Å². The molecule has 1 saturated heterocycles. The number of para-hydroxylation sites is 1. The molecule has 3 nitrogen and oxygen atoms in total. The van der Waals surface area contributed by atoms with Gasteiger partial charge < -0.3 is 10.1 Å². The average Bonchev–Trinajstić information content (AvgIpc) is 2.42. The third kappa shape index (κ3) is 4.33. The molecule has 1 atom stereocenters. The Morgan fingerprint density at radius 3 is 2.50 bits per heavy atom. The third-order valence-electron chi connectivity index (χ3n) is 3.38. The Bertz CT molecular complexity index is 397. The van der Waals surface area contributed by atoms with E-state index in [4.69, 9.17) is 4.74 Å². The van der Waals surface area contributed by atoms with Crippen LogP contribution < -0.4 is 10.1 Å². The highest BCUT2D eigenvalue weighted by Gasteiger charge is 2.24. The van der Waals surface area contributed by atoms with Crippen molar-refractivity contribution in [3.63, 3.8) is 0 Å². The van der Waals surface area contributed by atoms with Crippen molar-refractivity contribution >= 4 is 12.4 Å². The summed E-state index contributed by atoms with van der Waals surface area (Å²) in [4.78, 5) is 2.19. The number of hydrogen-bond donors (Lipinski definition) is 1. The van der Waals surface area contributed by atoms with E-state index in [9.17, 15) is 4.39 Å². The van der Waals surface area contributed by atoms with Gasteiger partial charge in [-0.2, -0.15) is 0 Å². The van der Waals surface area contributed by atoms with Crippen LogP contribution in [-0.2, 0) is 0 Å². The second-order valence-corrected chi connectivity index (χ2v) is 5.16. The highest BCUT2D eigenvalue weighted by Crippen LogP contribution is 2.30. The number of piperazine rings is 1. The molecule has 1 aromatic carbocycles. The maximum atomic E-state index is 13.5. The molecule has 2 rings (SSSR count). The molecule has 114 valence electrons. The van der Waals surface area contributed by atoms with Crippen molar-refractivity contribution in [2.45, 2.75) is 26.0 Å². The quantitative estimate of drug-likeness (QED) is 0.905. The molecule has 0 saturated carbocycles. The third-order valence-corrected chi connectivity index (χ3v) is 3.38. The van der Waals surface area contributed by atoms with Crippen LogP contribution in [0.1, 0.15) is 25.5 Å². The van der Waals surface area contributed by atoms with Crippen LogP contribution in [0.2, 0.25) is 0 Å². The van der Waals surface area contributed by atoms with Gasteiger partial charge in [-0.3, -0.25) is 4.90 Å². The van der Waals surface area contributed by atoms with Gasteiger partial charge in [0.1, 0.15) is 12.4 Å². The van der Waals surface area contributed by atoms with Crippen LogP contribution in [0, 0.1) is 0 Å². The van der Waals surface area contributed by atoms with E-state index in [1.165, 1.54) is 0 Å². The lowest BCUT2D eigenvalue weighted by Gasteiger charge is -2.34. The zero-order valence-electron chi connectivity index (χ0n) is 12.1. The number of ether oxygens (including phenoxy) is 1. The second-order valence-electron chi connectivity index (χ2n) is 5.16. The molecule has 1 heterocycles. The van der Waals surface area contributed by atoms with Gasteiger partial charge in [0.25, 0.3) is 0 Å². The molecule has 1 aliphatic heterocycles. The fourth-order valence-corrected chi connectivity index (χ4v) is 2.49. The van der Waals surface area contributed by atoms with Gasteiger partial charge in [-0.1, -0.05) is 18.2 Å². The summed E-state index contributed by atoms with van der Waals surface area (Å²) in [5.41, 5.74) is 0.959. The van der Waals surface area contributed by atoms with Crippen molar-refractivity contribution in [2.75, 3.05) is 32.9 Å². The van der Waals surface area contributed by atoms with Gasteiger partial charge in [0.15, 0.2) is 0 Å². The van der Waals surface area contributed by atoms with Gasteiger partial charge >= 0.3 is 0 Å². The summed E-state index contributed by atoms with van der Waals surface area (Å²) < 4.78 is 19.3. The Hall–Kier alpha value is -0.840. The van der Waals surface area contributed by atoms with Gasteiger partial charge in [-0.05, 0) is 19.9 Å². The lowest BCUT2D eigenvalue weighted by atomic mass is 10.0. The first-order chi connectivity index (χ1) is 9.22. The van der Waals surface area contributed by atoms with E-state index in [2.05, 4.69) is 10.2 Å². The number of rotatable bonds is 5. The average molecular weight is 303 g/mol. The van der Waals surface area contributed by atoms with Crippen molar-refractivity contribution in [1.29, 1.82) is 0 Å². The Morgan fingerprint density at radius 2 is 1.90 bits per heavy atom. The molecule has 20 heavy (non-hydrogen) atoms. The minimum Gasteiger partial charge on any atom is -0.491 e. The van der Waals surface area contributed by atoms with Crippen LogP contribution >= 0.6 is 12.4 Å². The SMILES string of the molecule is CC(C)Oc1ccccc1[C@@H](CF)N1CCNCC1.Cl. The maximum absolute atomic E-state index is 13.5. The molecule has 1 aliphatic rings. The first-order valence-corrected chi connectivity index (χ1v) is 6.98. The molecule has 0 spiro atoms. The van der Waals surface area contributed by atoms with Crippen LogP contribution in [0.25, 0.3) is 0 Å². The molecule has 5 heteroatoms. The van der Waals surface area contributed by atoms with E-state index in [-0.39, 0.29) is 31.2 Å². The Kier molecular flexibility index (Phi) is 7.27. The topological polar surface area (TPSA) is 24.5 Å². The number of benzene rings is 1. The van der Waals surface area contributed by atoms with Crippen LogP contribution in [0.15, 0.2) is 24.3 Å². The molecule has 1 N–H and O–H groups in total. The van der Waals surface area contributed by atoms with Crippen molar-refractivity contribution < 1.29 is 9.13 Å². The molecule has 1 fully saturated rings. The fourth-order valence-electron chi connectivity index (χ4n) is 2.49. The van der Waals surface area contributed by atoms with Gasteiger partial charge in [0.05, 0.1) is 12.1 Å². The minimum atomic E-state index is -0.377. The van der Waals surface area contributed by atoms with Gasteiger partial charge in [0, 0.05) is 31.7 Å². The zero-order valence-corrected chi connectivity index (χ0v) is 13.0. The van der Waals surface area contributed by atoms with E-state index in [0.29, 0.717) is 0 Å². The molecular formula is C15H24ClFN2O. The van der Waals surface area contributed by atoms with Crippen LogP contribution in [0.5, 0.6) is 5.75 Å². The molecule has 0 aliphatic carbocycles. The Labute approximate surface area is 126 Å². The molecule has 0 radical (unpaired) electrons. The van der Waals surface area contributed by atoms with E-state index in [1.54, 1.807) is 0 Å². The van der Waals surface area contributed by atoms with Gasteiger partial charge in [-0.15, -0.1) is 12.4 Å². The molecule has 0 unspecified atom stereocenters. The number of halogens is 2. The summed E-state index contributed by atoms with van der Waals surface area (Å²) in [6.07, 6.45) is 0.101.